The predicted molar refractivity (Wildman–Crippen MR) is 71.7 cm³/mol. The molecule has 0 aliphatic carbocycles. The van der Waals surface area contributed by atoms with E-state index in [4.69, 9.17) is 4.42 Å². The smallest absolute Gasteiger partial charge is 0.404 e. The third-order valence-electron chi connectivity index (χ3n) is 3.47. The Morgan fingerprint density at radius 1 is 1.58 bits per heavy atom. The number of piperidine rings is 1. The molecule has 6 nitrogen and oxygen atoms in total. The Kier molecular flexibility index (Phi) is 4.12. The number of furan rings is 1. The molecular formula is C12H15N3O3S. The lowest BCUT2D eigenvalue weighted by Crippen LogP contribution is -2.41. The molecule has 0 radical (unpaired) electrons. The number of thioether (sulfide) groups is 1. The van der Waals surface area contributed by atoms with Crippen LogP contribution in [0.4, 0.5) is 5.88 Å². The van der Waals surface area contributed by atoms with Gasteiger partial charge in [-0.1, -0.05) is 0 Å². The van der Waals surface area contributed by atoms with E-state index in [2.05, 4.69) is 11.0 Å². The summed E-state index contributed by atoms with van der Waals surface area (Å²) in [5.41, 5.74) is 0. The van der Waals surface area contributed by atoms with Gasteiger partial charge in [-0.3, -0.25) is 15.0 Å². The van der Waals surface area contributed by atoms with Gasteiger partial charge in [0.2, 0.25) is 0 Å². The highest BCUT2D eigenvalue weighted by Gasteiger charge is 2.34. The molecule has 0 atom stereocenters. The minimum absolute atomic E-state index is 0.220. The number of hydrogen-bond acceptors (Lipinski definition) is 6. The van der Waals surface area contributed by atoms with Crippen molar-refractivity contribution in [1.29, 1.82) is 5.26 Å². The van der Waals surface area contributed by atoms with E-state index in [1.165, 1.54) is 6.07 Å². The zero-order chi connectivity index (χ0) is 13.9. The third kappa shape index (κ3) is 3.08. The molecule has 1 aliphatic heterocycles. The summed E-state index contributed by atoms with van der Waals surface area (Å²) < 4.78 is 4.87. The number of nitrogens with zero attached hydrogens (tertiary/aromatic N) is 3. The van der Waals surface area contributed by atoms with Crippen molar-refractivity contribution < 1.29 is 9.34 Å². The molecule has 1 aromatic rings. The van der Waals surface area contributed by atoms with Crippen LogP contribution < -0.4 is 0 Å². The second kappa shape index (κ2) is 5.63. The monoisotopic (exact) mass is 281 g/mol. The van der Waals surface area contributed by atoms with E-state index >= 15 is 0 Å². The van der Waals surface area contributed by atoms with Gasteiger partial charge in [0, 0.05) is 13.1 Å². The van der Waals surface area contributed by atoms with Crippen molar-refractivity contribution >= 4 is 17.6 Å². The predicted octanol–water partition coefficient (Wildman–Crippen LogP) is 2.41. The van der Waals surface area contributed by atoms with Gasteiger partial charge in [0.25, 0.3) is 0 Å². The van der Waals surface area contributed by atoms with Gasteiger partial charge in [-0.25, -0.2) is 0 Å². The summed E-state index contributed by atoms with van der Waals surface area (Å²) in [4.78, 5) is 12.2. The van der Waals surface area contributed by atoms with Gasteiger partial charge in [-0.15, -0.1) is 11.8 Å². The highest BCUT2D eigenvalue weighted by atomic mass is 32.2. The molecule has 0 spiro atoms. The lowest BCUT2D eigenvalue weighted by atomic mass is 9.97. The molecule has 1 aromatic heterocycles. The summed E-state index contributed by atoms with van der Waals surface area (Å²) in [7, 11) is 0. The molecule has 7 heteroatoms. The molecule has 0 N–H and O–H groups in total. The fourth-order valence-corrected chi connectivity index (χ4v) is 2.89. The molecule has 0 amide bonds. The zero-order valence-electron chi connectivity index (χ0n) is 10.7. The standard InChI is InChI=1S/C12H15N3O3S/c1-19-12(9-13)4-6-14(7-5-12)8-10-2-3-11(18-10)15(16)17/h2-3H,4-8H2,1H3. The maximum atomic E-state index is 10.5. The molecule has 0 unspecified atom stereocenters. The molecule has 0 bridgehead atoms. The van der Waals surface area contributed by atoms with E-state index in [9.17, 15) is 15.4 Å². The van der Waals surface area contributed by atoms with Gasteiger partial charge in [0.05, 0.1) is 18.7 Å². The molecule has 0 saturated carbocycles. The Bertz CT molecular complexity index is 501. The maximum Gasteiger partial charge on any atom is 0.433 e. The van der Waals surface area contributed by atoms with Gasteiger partial charge < -0.3 is 4.42 Å². The quantitative estimate of drug-likeness (QED) is 0.622. The van der Waals surface area contributed by atoms with E-state index in [0.717, 1.165) is 25.9 Å². The van der Waals surface area contributed by atoms with Crippen LogP contribution in [0.5, 0.6) is 0 Å². The molecule has 1 saturated heterocycles. The number of nitro groups is 1. The second-order valence-electron chi connectivity index (χ2n) is 4.58. The number of hydrogen-bond donors (Lipinski definition) is 0. The fourth-order valence-electron chi connectivity index (χ4n) is 2.20. The first-order chi connectivity index (χ1) is 9.08. The minimum Gasteiger partial charge on any atom is -0.404 e. The Labute approximate surface area is 115 Å². The zero-order valence-corrected chi connectivity index (χ0v) is 11.5. The summed E-state index contributed by atoms with van der Waals surface area (Å²) in [6.07, 6.45) is 3.59. The van der Waals surface area contributed by atoms with Crippen molar-refractivity contribution in [1.82, 2.24) is 4.90 Å². The molecule has 2 rings (SSSR count). The topological polar surface area (TPSA) is 83.3 Å². The fraction of sp³-hybridized carbons (Fsp3) is 0.583. The van der Waals surface area contributed by atoms with Gasteiger partial charge in [0.15, 0.2) is 0 Å². The van der Waals surface area contributed by atoms with Crippen molar-refractivity contribution in [3.05, 3.63) is 28.0 Å². The SMILES string of the molecule is CSC1(C#N)CCN(Cc2ccc([N+](=O)[O-])o2)CC1. The summed E-state index contributed by atoms with van der Waals surface area (Å²) in [6, 6.07) is 5.41. The van der Waals surface area contributed by atoms with Crippen LogP contribution in [-0.2, 0) is 6.54 Å². The highest BCUT2D eigenvalue weighted by Crippen LogP contribution is 2.34. The largest absolute Gasteiger partial charge is 0.433 e. The Morgan fingerprint density at radius 2 is 2.26 bits per heavy atom. The van der Waals surface area contributed by atoms with E-state index in [1.54, 1.807) is 17.8 Å². The second-order valence-corrected chi connectivity index (χ2v) is 5.77. The minimum atomic E-state index is -0.534. The van der Waals surface area contributed by atoms with Crippen molar-refractivity contribution in [3.63, 3.8) is 0 Å². The van der Waals surface area contributed by atoms with Crippen LogP contribution in [0.3, 0.4) is 0 Å². The summed E-state index contributed by atoms with van der Waals surface area (Å²) >= 11 is 1.61. The first-order valence-corrected chi connectivity index (χ1v) is 7.23. The Balaban J connectivity index is 1.92. The average Bonchev–Trinajstić information content (AvgIpc) is 2.89. The first-order valence-electron chi connectivity index (χ1n) is 6.00. The van der Waals surface area contributed by atoms with Gasteiger partial charge in [0.1, 0.15) is 15.4 Å². The normalized spacial score (nSPS) is 18.9. The van der Waals surface area contributed by atoms with E-state index < -0.39 is 4.92 Å². The molecule has 19 heavy (non-hydrogen) atoms. The molecule has 1 aliphatic rings. The van der Waals surface area contributed by atoms with E-state index in [1.807, 2.05) is 6.26 Å². The number of nitriles is 1. The van der Waals surface area contributed by atoms with Crippen molar-refractivity contribution in [2.24, 2.45) is 0 Å². The molecular weight excluding hydrogens is 266 g/mol. The average molecular weight is 281 g/mol. The summed E-state index contributed by atoms with van der Waals surface area (Å²) in [5, 5.41) is 19.7. The van der Waals surface area contributed by atoms with E-state index in [0.29, 0.717) is 12.3 Å². The Morgan fingerprint density at radius 3 is 2.74 bits per heavy atom. The lowest BCUT2D eigenvalue weighted by molar-refractivity contribution is -0.402. The molecule has 0 aromatic carbocycles. The lowest BCUT2D eigenvalue weighted by Gasteiger charge is -2.35. The summed E-state index contributed by atoms with van der Waals surface area (Å²) in [5.74, 6) is 0.378. The van der Waals surface area contributed by atoms with Gasteiger partial charge in [-0.2, -0.15) is 5.26 Å². The molecule has 2 heterocycles. The van der Waals surface area contributed by atoms with Crippen LogP contribution in [0.15, 0.2) is 16.5 Å². The van der Waals surface area contributed by atoms with Crippen molar-refractivity contribution in [2.45, 2.75) is 24.1 Å². The van der Waals surface area contributed by atoms with Crippen LogP contribution in [0.1, 0.15) is 18.6 Å². The number of rotatable bonds is 4. The van der Waals surface area contributed by atoms with Gasteiger partial charge in [-0.05, 0) is 25.2 Å². The third-order valence-corrected chi connectivity index (χ3v) is 4.75. The van der Waals surface area contributed by atoms with Gasteiger partial charge >= 0.3 is 5.88 Å². The van der Waals surface area contributed by atoms with Crippen molar-refractivity contribution in [2.75, 3.05) is 19.3 Å². The van der Waals surface area contributed by atoms with Crippen LogP contribution in [0.25, 0.3) is 0 Å². The highest BCUT2D eigenvalue weighted by molar-refractivity contribution is 8.00. The summed E-state index contributed by atoms with van der Waals surface area (Å²) in [6.45, 7) is 2.18. The molecule has 1 fully saturated rings. The van der Waals surface area contributed by atoms with Crippen LogP contribution in [-0.4, -0.2) is 33.9 Å². The van der Waals surface area contributed by atoms with E-state index in [-0.39, 0.29) is 10.6 Å². The Hall–Kier alpha value is -1.52. The maximum absolute atomic E-state index is 10.5. The van der Waals surface area contributed by atoms with Crippen LogP contribution in [0.2, 0.25) is 0 Å². The first kappa shape index (κ1) is 13.9. The van der Waals surface area contributed by atoms with Crippen LogP contribution >= 0.6 is 11.8 Å². The van der Waals surface area contributed by atoms with Crippen molar-refractivity contribution in [3.8, 4) is 6.07 Å². The molecule has 102 valence electrons. The number of likely N-dealkylation sites (tertiary alicyclic amines) is 1. The van der Waals surface area contributed by atoms with Crippen LogP contribution in [0, 0.1) is 21.4 Å².